The first-order valence-electron chi connectivity index (χ1n) is 10.2. The summed E-state index contributed by atoms with van der Waals surface area (Å²) >= 11 is 6.14. The second kappa shape index (κ2) is 8.79. The van der Waals surface area contributed by atoms with Crippen molar-refractivity contribution in [3.8, 4) is 0 Å². The first-order chi connectivity index (χ1) is 14.5. The van der Waals surface area contributed by atoms with Crippen LogP contribution in [0.3, 0.4) is 0 Å². The maximum atomic E-state index is 6.45. The average molecular weight is 423 g/mol. The van der Waals surface area contributed by atoms with E-state index in [1.807, 2.05) is 18.2 Å². The molecule has 0 atom stereocenters. The summed E-state index contributed by atoms with van der Waals surface area (Å²) in [7, 11) is 0. The van der Waals surface area contributed by atoms with Crippen molar-refractivity contribution in [1.29, 1.82) is 0 Å². The highest BCUT2D eigenvalue weighted by molar-refractivity contribution is 6.30. The fourth-order valence-electron chi connectivity index (χ4n) is 3.68. The zero-order valence-corrected chi connectivity index (χ0v) is 18.1. The molecule has 0 spiro atoms. The Morgan fingerprint density at radius 1 is 0.967 bits per heavy atom. The highest BCUT2D eigenvalue weighted by Gasteiger charge is 2.21. The molecule has 2 heterocycles. The second-order valence-corrected chi connectivity index (χ2v) is 8.25. The van der Waals surface area contributed by atoms with Crippen LogP contribution < -0.4 is 20.9 Å². The Balaban J connectivity index is 1.45. The summed E-state index contributed by atoms with van der Waals surface area (Å²) in [6.07, 6.45) is 1.57. The third-order valence-corrected chi connectivity index (χ3v) is 5.69. The van der Waals surface area contributed by atoms with Crippen LogP contribution in [-0.2, 0) is 0 Å². The van der Waals surface area contributed by atoms with Gasteiger partial charge >= 0.3 is 0 Å². The van der Waals surface area contributed by atoms with E-state index in [4.69, 9.17) is 17.3 Å². The molecule has 0 amide bonds. The number of piperazine rings is 1. The third kappa shape index (κ3) is 4.44. The van der Waals surface area contributed by atoms with Gasteiger partial charge in [0.05, 0.1) is 0 Å². The lowest BCUT2D eigenvalue weighted by atomic mass is 10.0. The lowest BCUT2D eigenvalue weighted by Crippen LogP contribution is -2.47. The van der Waals surface area contributed by atoms with Crippen molar-refractivity contribution in [2.75, 3.05) is 47.0 Å². The Hall–Kier alpha value is -2.99. The highest BCUT2D eigenvalue weighted by Crippen LogP contribution is 2.30. The van der Waals surface area contributed by atoms with Crippen LogP contribution in [0.2, 0.25) is 5.02 Å². The van der Waals surface area contributed by atoms with E-state index < -0.39 is 0 Å². The Labute approximate surface area is 182 Å². The Morgan fingerprint density at radius 3 is 2.33 bits per heavy atom. The molecule has 7 heteroatoms. The SMILES string of the molecule is CC(C)c1ccc(Nc2ncnc(N3CCN(c4cccc(Cl)c4)CC3)c2N)cc1. The molecule has 30 heavy (non-hydrogen) atoms. The number of anilines is 5. The van der Waals surface area contributed by atoms with Crippen molar-refractivity contribution in [3.05, 3.63) is 65.4 Å². The van der Waals surface area contributed by atoms with Crippen LogP contribution >= 0.6 is 11.6 Å². The van der Waals surface area contributed by atoms with Crippen LogP contribution in [-0.4, -0.2) is 36.1 Å². The molecule has 1 saturated heterocycles. The van der Waals surface area contributed by atoms with Crippen molar-refractivity contribution in [2.24, 2.45) is 0 Å². The molecule has 1 aliphatic rings. The quantitative estimate of drug-likeness (QED) is 0.609. The number of aromatic nitrogens is 2. The molecule has 3 aromatic rings. The van der Waals surface area contributed by atoms with Gasteiger partial charge in [-0.05, 0) is 41.8 Å². The van der Waals surface area contributed by atoms with Gasteiger partial charge in [-0.1, -0.05) is 43.6 Å². The number of benzene rings is 2. The van der Waals surface area contributed by atoms with Gasteiger partial charge in [-0.15, -0.1) is 0 Å². The molecule has 1 fully saturated rings. The van der Waals surface area contributed by atoms with Crippen molar-refractivity contribution < 1.29 is 0 Å². The first kappa shape index (κ1) is 20.3. The standard InChI is InChI=1S/C23H27ClN6/c1-16(2)17-6-8-19(9-7-17)28-22-21(25)23(27-15-26-22)30-12-10-29(11-13-30)20-5-3-4-18(24)14-20/h3-9,14-16H,10-13,25H2,1-2H3,(H,26,27,28). The summed E-state index contributed by atoms with van der Waals surface area (Å²) in [5.74, 6) is 1.91. The molecule has 156 valence electrons. The zero-order valence-electron chi connectivity index (χ0n) is 17.3. The lowest BCUT2D eigenvalue weighted by molar-refractivity contribution is 0.647. The smallest absolute Gasteiger partial charge is 0.159 e. The number of nitrogens with two attached hydrogens (primary N) is 1. The van der Waals surface area contributed by atoms with E-state index in [2.05, 4.69) is 69.3 Å². The largest absolute Gasteiger partial charge is 0.393 e. The van der Waals surface area contributed by atoms with Gasteiger partial charge in [0.15, 0.2) is 11.6 Å². The average Bonchev–Trinajstić information content (AvgIpc) is 2.76. The van der Waals surface area contributed by atoms with Gasteiger partial charge in [0.1, 0.15) is 12.0 Å². The fourth-order valence-corrected chi connectivity index (χ4v) is 3.86. The molecule has 0 unspecified atom stereocenters. The fraction of sp³-hybridized carbons (Fsp3) is 0.304. The van der Waals surface area contributed by atoms with Crippen molar-refractivity contribution >= 4 is 40.3 Å². The minimum atomic E-state index is 0.500. The van der Waals surface area contributed by atoms with Crippen LogP contribution in [0.5, 0.6) is 0 Å². The first-order valence-corrected chi connectivity index (χ1v) is 10.6. The Kier molecular flexibility index (Phi) is 5.95. The lowest BCUT2D eigenvalue weighted by Gasteiger charge is -2.37. The molecule has 0 aliphatic carbocycles. The van der Waals surface area contributed by atoms with Crippen LogP contribution in [0.4, 0.5) is 28.7 Å². The number of nitrogens with one attached hydrogen (secondary N) is 1. The number of hydrogen-bond donors (Lipinski definition) is 2. The van der Waals surface area contributed by atoms with E-state index in [0.29, 0.717) is 17.4 Å². The summed E-state index contributed by atoms with van der Waals surface area (Å²) < 4.78 is 0. The van der Waals surface area contributed by atoms with Crippen LogP contribution in [0.25, 0.3) is 0 Å². The van der Waals surface area contributed by atoms with E-state index in [-0.39, 0.29) is 0 Å². The van der Waals surface area contributed by atoms with Crippen LogP contribution in [0.1, 0.15) is 25.3 Å². The van der Waals surface area contributed by atoms with Crippen LogP contribution in [0, 0.1) is 0 Å². The van der Waals surface area contributed by atoms with E-state index in [1.165, 1.54) is 5.56 Å². The molecule has 6 nitrogen and oxygen atoms in total. The molecule has 1 aromatic heterocycles. The predicted octanol–water partition coefficient (Wildman–Crippen LogP) is 4.91. The van der Waals surface area contributed by atoms with E-state index in [1.54, 1.807) is 6.33 Å². The monoisotopic (exact) mass is 422 g/mol. The van der Waals surface area contributed by atoms with Crippen LogP contribution in [0.15, 0.2) is 54.9 Å². The topological polar surface area (TPSA) is 70.3 Å². The van der Waals surface area contributed by atoms with E-state index in [9.17, 15) is 0 Å². The zero-order chi connectivity index (χ0) is 21.1. The third-order valence-electron chi connectivity index (χ3n) is 5.46. The van der Waals surface area contributed by atoms with Gasteiger partial charge in [-0.25, -0.2) is 9.97 Å². The highest BCUT2D eigenvalue weighted by atomic mass is 35.5. The maximum Gasteiger partial charge on any atom is 0.159 e. The Bertz CT molecular complexity index is 997. The molecule has 2 aromatic carbocycles. The van der Waals surface area contributed by atoms with Crippen molar-refractivity contribution in [2.45, 2.75) is 19.8 Å². The normalized spacial score (nSPS) is 14.3. The maximum absolute atomic E-state index is 6.45. The van der Waals surface area contributed by atoms with Gasteiger partial charge in [-0.3, -0.25) is 0 Å². The van der Waals surface area contributed by atoms with Gasteiger partial charge in [-0.2, -0.15) is 0 Å². The van der Waals surface area contributed by atoms with Gasteiger partial charge in [0.2, 0.25) is 0 Å². The number of nitrogens with zero attached hydrogens (tertiary/aromatic N) is 4. The van der Waals surface area contributed by atoms with E-state index in [0.717, 1.165) is 48.4 Å². The summed E-state index contributed by atoms with van der Waals surface area (Å²) in [6, 6.07) is 16.3. The van der Waals surface area contributed by atoms with E-state index >= 15 is 0 Å². The van der Waals surface area contributed by atoms with Gasteiger partial charge in [0.25, 0.3) is 0 Å². The predicted molar refractivity (Wildman–Crippen MR) is 126 cm³/mol. The molecule has 1 aliphatic heterocycles. The summed E-state index contributed by atoms with van der Waals surface area (Å²) in [5, 5.41) is 4.09. The molecule has 3 N–H and O–H groups in total. The minimum absolute atomic E-state index is 0.500. The minimum Gasteiger partial charge on any atom is -0.393 e. The summed E-state index contributed by atoms with van der Waals surface area (Å²) in [6.45, 7) is 7.78. The molecule has 4 rings (SSSR count). The molecule has 0 radical (unpaired) electrons. The Morgan fingerprint density at radius 2 is 1.67 bits per heavy atom. The molecule has 0 saturated carbocycles. The molecular formula is C23H27ClN6. The molecule has 0 bridgehead atoms. The van der Waals surface area contributed by atoms with Gasteiger partial charge < -0.3 is 20.9 Å². The molecular weight excluding hydrogens is 396 g/mol. The number of halogens is 1. The second-order valence-electron chi connectivity index (χ2n) is 7.82. The number of nitrogen functional groups attached to an aromatic ring is 1. The number of rotatable bonds is 5. The summed E-state index contributed by atoms with van der Waals surface area (Å²) in [5.41, 5.74) is 10.4. The summed E-state index contributed by atoms with van der Waals surface area (Å²) in [4.78, 5) is 13.4. The van der Waals surface area contributed by atoms with Crippen molar-refractivity contribution in [3.63, 3.8) is 0 Å². The van der Waals surface area contributed by atoms with Crippen molar-refractivity contribution in [1.82, 2.24) is 9.97 Å². The number of hydrogen-bond acceptors (Lipinski definition) is 6. The van der Waals surface area contributed by atoms with Gasteiger partial charge in [0, 0.05) is 42.6 Å².